The van der Waals surface area contributed by atoms with Crippen molar-refractivity contribution in [1.82, 2.24) is 0 Å². The van der Waals surface area contributed by atoms with Crippen molar-refractivity contribution in [2.75, 3.05) is 0 Å². The smallest absolute Gasteiger partial charge is 0.310 e. The molecular weight excluding hydrogens is 240 g/mol. The van der Waals surface area contributed by atoms with Gasteiger partial charge in [0.2, 0.25) is 0 Å². The van der Waals surface area contributed by atoms with Gasteiger partial charge in [-0.25, -0.2) is 0 Å². The Balaban J connectivity index is 1.94. The van der Waals surface area contributed by atoms with E-state index in [1.807, 2.05) is 6.07 Å². The third kappa shape index (κ3) is 2.00. The molecule has 0 aromatic heterocycles. The Morgan fingerprint density at radius 2 is 2.18 bits per heavy atom. The van der Waals surface area contributed by atoms with Gasteiger partial charge in [0.1, 0.15) is 11.9 Å². The van der Waals surface area contributed by atoms with Crippen LogP contribution in [0.15, 0.2) is 18.2 Å². The maximum absolute atomic E-state index is 11.3. The van der Waals surface area contributed by atoms with Gasteiger partial charge in [0.15, 0.2) is 0 Å². The lowest BCUT2D eigenvalue weighted by molar-refractivity contribution is -0.146. The van der Waals surface area contributed by atoms with Crippen molar-refractivity contribution in [3.63, 3.8) is 0 Å². The molecule has 4 heteroatoms. The minimum atomic E-state index is -0.771. The molecule has 1 N–H and O–H groups in total. The topological polar surface area (TPSA) is 46.5 Å². The number of rotatable bonds is 2. The molecular formula is C13H13ClO3. The molecule has 1 aromatic rings. The Kier molecular flexibility index (Phi) is 2.51. The van der Waals surface area contributed by atoms with E-state index in [1.54, 1.807) is 12.1 Å². The highest BCUT2D eigenvalue weighted by Gasteiger charge is 2.44. The molecule has 90 valence electrons. The molecule has 3 nitrogen and oxygen atoms in total. The second-order valence-corrected chi connectivity index (χ2v) is 5.26. The summed E-state index contributed by atoms with van der Waals surface area (Å²) in [6.45, 7) is 0. The Labute approximate surface area is 104 Å². The van der Waals surface area contributed by atoms with Gasteiger partial charge in [-0.15, -0.1) is 0 Å². The van der Waals surface area contributed by atoms with Crippen molar-refractivity contribution in [3.8, 4) is 5.75 Å². The quantitative estimate of drug-likeness (QED) is 0.880. The van der Waals surface area contributed by atoms with Crippen LogP contribution < -0.4 is 4.74 Å². The number of ether oxygens (including phenoxy) is 1. The fraction of sp³-hybridized carbons (Fsp3) is 0.462. The maximum atomic E-state index is 11.3. The minimum Gasteiger partial charge on any atom is -0.489 e. The van der Waals surface area contributed by atoms with Crippen molar-refractivity contribution < 1.29 is 14.6 Å². The van der Waals surface area contributed by atoms with E-state index in [4.69, 9.17) is 16.3 Å². The van der Waals surface area contributed by atoms with Gasteiger partial charge in [-0.05, 0) is 48.9 Å². The van der Waals surface area contributed by atoms with Gasteiger partial charge in [0, 0.05) is 5.02 Å². The highest BCUT2D eigenvalue weighted by atomic mass is 35.5. The van der Waals surface area contributed by atoms with Crippen molar-refractivity contribution >= 4 is 17.6 Å². The third-order valence-electron chi connectivity index (χ3n) is 3.53. The summed E-state index contributed by atoms with van der Waals surface area (Å²) in [6.07, 6.45) is 2.52. The number of aliphatic carboxylic acids is 1. The summed E-state index contributed by atoms with van der Waals surface area (Å²) in [5.41, 5.74) is 0.904. The van der Waals surface area contributed by atoms with Gasteiger partial charge >= 0.3 is 5.97 Å². The van der Waals surface area contributed by atoms with E-state index in [-0.39, 0.29) is 6.10 Å². The lowest BCUT2D eigenvalue weighted by atomic mass is 9.88. The van der Waals surface area contributed by atoms with Crippen LogP contribution in [0.3, 0.4) is 0 Å². The number of carbonyl (C=O) groups is 1. The molecule has 17 heavy (non-hydrogen) atoms. The molecule has 1 aliphatic carbocycles. The summed E-state index contributed by atoms with van der Waals surface area (Å²) in [4.78, 5) is 11.3. The highest BCUT2D eigenvalue weighted by molar-refractivity contribution is 6.30. The van der Waals surface area contributed by atoms with Gasteiger partial charge in [-0.3, -0.25) is 4.79 Å². The zero-order valence-corrected chi connectivity index (χ0v) is 9.98. The SMILES string of the molecule is O=C(O)C1Cc2cc(Cl)ccc2OC1C1CC1. The molecule has 1 fully saturated rings. The van der Waals surface area contributed by atoms with Gasteiger partial charge in [-0.1, -0.05) is 11.6 Å². The molecule has 0 amide bonds. The molecule has 1 saturated carbocycles. The Bertz CT molecular complexity index is 468. The van der Waals surface area contributed by atoms with Crippen LogP contribution in [0.1, 0.15) is 18.4 Å². The first-order chi connectivity index (χ1) is 8.15. The molecule has 2 unspecified atom stereocenters. The number of benzene rings is 1. The van der Waals surface area contributed by atoms with Crippen molar-refractivity contribution in [2.24, 2.45) is 11.8 Å². The van der Waals surface area contributed by atoms with E-state index in [1.165, 1.54) is 0 Å². The predicted molar refractivity (Wildman–Crippen MR) is 63.4 cm³/mol. The molecule has 1 heterocycles. The summed E-state index contributed by atoms with van der Waals surface area (Å²) in [7, 11) is 0. The van der Waals surface area contributed by atoms with Gasteiger partial charge < -0.3 is 9.84 Å². The van der Waals surface area contributed by atoms with Gasteiger partial charge in [0.25, 0.3) is 0 Å². The van der Waals surface area contributed by atoms with Crippen molar-refractivity contribution in [2.45, 2.75) is 25.4 Å². The number of fused-ring (bicyclic) bond motifs is 1. The Morgan fingerprint density at radius 3 is 2.82 bits per heavy atom. The van der Waals surface area contributed by atoms with Crippen LogP contribution in [-0.2, 0) is 11.2 Å². The average molecular weight is 253 g/mol. The van der Waals surface area contributed by atoms with Crippen LogP contribution in [0.4, 0.5) is 0 Å². The molecule has 1 aliphatic heterocycles. The molecule has 2 atom stereocenters. The van der Waals surface area contributed by atoms with Crippen LogP contribution in [0.25, 0.3) is 0 Å². The predicted octanol–water partition coefficient (Wildman–Crippen LogP) is 2.75. The Hall–Kier alpha value is -1.22. The van der Waals surface area contributed by atoms with Crippen molar-refractivity contribution in [1.29, 1.82) is 0 Å². The van der Waals surface area contributed by atoms with Crippen molar-refractivity contribution in [3.05, 3.63) is 28.8 Å². The first-order valence-corrected chi connectivity index (χ1v) is 6.21. The van der Waals surface area contributed by atoms with Crippen LogP contribution in [0.2, 0.25) is 5.02 Å². The zero-order chi connectivity index (χ0) is 12.0. The number of carboxylic acid groups (broad SMARTS) is 1. The molecule has 0 spiro atoms. The average Bonchev–Trinajstić information content (AvgIpc) is 3.11. The molecule has 0 radical (unpaired) electrons. The number of hydrogen-bond donors (Lipinski definition) is 1. The first kappa shape index (κ1) is 10.9. The number of halogens is 1. The highest BCUT2D eigenvalue weighted by Crippen LogP contribution is 2.43. The van der Waals surface area contributed by atoms with E-state index in [2.05, 4.69) is 0 Å². The molecule has 0 saturated heterocycles. The molecule has 1 aromatic carbocycles. The fourth-order valence-corrected chi connectivity index (χ4v) is 2.68. The van der Waals surface area contributed by atoms with Gasteiger partial charge in [-0.2, -0.15) is 0 Å². The van der Waals surface area contributed by atoms with Crippen LogP contribution in [0, 0.1) is 11.8 Å². The maximum Gasteiger partial charge on any atom is 0.310 e. The number of hydrogen-bond acceptors (Lipinski definition) is 2. The van der Waals surface area contributed by atoms with Crippen LogP contribution in [-0.4, -0.2) is 17.2 Å². The summed E-state index contributed by atoms with van der Waals surface area (Å²) in [6, 6.07) is 5.42. The lowest BCUT2D eigenvalue weighted by Crippen LogP contribution is -2.39. The minimum absolute atomic E-state index is 0.166. The first-order valence-electron chi connectivity index (χ1n) is 5.83. The summed E-state index contributed by atoms with van der Waals surface area (Å²) in [5.74, 6) is 0.00437. The monoisotopic (exact) mass is 252 g/mol. The second-order valence-electron chi connectivity index (χ2n) is 4.82. The van der Waals surface area contributed by atoms with E-state index >= 15 is 0 Å². The summed E-state index contributed by atoms with van der Waals surface area (Å²) >= 11 is 5.91. The lowest BCUT2D eigenvalue weighted by Gasteiger charge is -2.31. The molecule has 2 aliphatic rings. The normalized spacial score (nSPS) is 27.1. The summed E-state index contributed by atoms with van der Waals surface area (Å²) in [5, 5.41) is 9.89. The van der Waals surface area contributed by atoms with E-state index < -0.39 is 11.9 Å². The fourth-order valence-electron chi connectivity index (χ4n) is 2.48. The summed E-state index contributed by atoms with van der Waals surface area (Å²) < 4.78 is 5.85. The molecule has 0 bridgehead atoms. The van der Waals surface area contributed by atoms with E-state index in [0.717, 1.165) is 24.2 Å². The Morgan fingerprint density at radius 1 is 1.41 bits per heavy atom. The molecule has 3 rings (SSSR count). The van der Waals surface area contributed by atoms with E-state index in [0.29, 0.717) is 17.4 Å². The standard InChI is InChI=1S/C13H13ClO3/c14-9-3-4-11-8(5-9)6-10(13(15)16)12(17-11)7-1-2-7/h3-5,7,10,12H,1-2,6H2,(H,15,16). The second kappa shape index (κ2) is 3.91. The zero-order valence-electron chi connectivity index (χ0n) is 9.23. The number of carboxylic acids is 1. The van der Waals surface area contributed by atoms with Crippen LogP contribution in [0.5, 0.6) is 5.75 Å². The van der Waals surface area contributed by atoms with Gasteiger partial charge in [0.05, 0.1) is 5.92 Å². The van der Waals surface area contributed by atoms with Crippen LogP contribution >= 0.6 is 11.6 Å². The van der Waals surface area contributed by atoms with E-state index in [9.17, 15) is 9.90 Å². The third-order valence-corrected chi connectivity index (χ3v) is 3.76. The largest absolute Gasteiger partial charge is 0.489 e.